The van der Waals surface area contributed by atoms with E-state index in [4.69, 9.17) is 11.6 Å². The quantitative estimate of drug-likeness (QED) is 0.776. The molecule has 2 amide bonds. The first-order valence-corrected chi connectivity index (χ1v) is 9.02. The summed E-state index contributed by atoms with van der Waals surface area (Å²) in [4.78, 5) is 24.1. The molecule has 2 aromatic carbocycles. The van der Waals surface area contributed by atoms with E-state index >= 15 is 0 Å². The van der Waals surface area contributed by atoms with E-state index in [2.05, 4.69) is 10.6 Å². The fraction of sp³-hybridized carbons (Fsp3) is 0.222. The van der Waals surface area contributed by atoms with E-state index in [1.807, 2.05) is 6.92 Å². The van der Waals surface area contributed by atoms with Gasteiger partial charge in [0.2, 0.25) is 11.8 Å². The van der Waals surface area contributed by atoms with Gasteiger partial charge in [-0.3, -0.25) is 9.59 Å². The van der Waals surface area contributed by atoms with E-state index in [-0.39, 0.29) is 23.4 Å². The monoisotopic (exact) mass is 380 g/mol. The zero-order valence-corrected chi connectivity index (χ0v) is 15.4. The van der Waals surface area contributed by atoms with Gasteiger partial charge in [-0.1, -0.05) is 17.7 Å². The number of nitrogens with one attached hydrogen (secondary N) is 2. The van der Waals surface area contributed by atoms with Crippen LogP contribution in [0.3, 0.4) is 0 Å². The van der Waals surface area contributed by atoms with Crippen molar-refractivity contribution in [1.82, 2.24) is 0 Å². The Morgan fingerprint density at radius 3 is 2.52 bits per heavy atom. The Labute approximate surface area is 155 Å². The maximum absolute atomic E-state index is 12.8. The summed E-state index contributed by atoms with van der Waals surface area (Å²) in [5, 5.41) is 5.63. The molecule has 7 heteroatoms. The summed E-state index contributed by atoms with van der Waals surface area (Å²) >= 11 is 7.25. The van der Waals surface area contributed by atoms with Crippen LogP contribution in [0.25, 0.3) is 0 Å². The molecule has 2 N–H and O–H groups in total. The van der Waals surface area contributed by atoms with Crippen molar-refractivity contribution in [3.8, 4) is 0 Å². The zero-order chi connectivity index (χ0) is 18.4. The molecule has 0 saturated carbocycles. The number of benzene rings is 2. The Kier molecular flexibility index (Phi) is 6.84. The SMILES string of the molecule is Cc1c(Cl)cccc1NC(=O)[C@@H](C)SCC(=O)Nc1ccc(F)cc1. The molecule has 0 fully saturated rings. The number of carbonyl (C=O) groups excluding carboxylic acids is 2. The van der Waals surface area contributed by atoms with E-state index in [9.17, 15) is 14.0 Å². The van der Waals surface area contributed by atoms with Gasteiger partial charge in [0.1, 0.15) is 5.82 Å². The fourth-order valence-electron chi connectivity index (χ4n) is 1.98. The van der Waals surface area contributed by atoms with Gasteiger partial charge in [0.15, 0.2) is 0 Å². The van der Waals surface area contributed by atoms with Crippen molar-refractivity contribution in [2.24, 2.45) is 0 Å². The number of amides is 2. The molecule has 0 bridgehead atoms. The molecule has 0 saturated heterocycles. The summed E-state index contributed by atoms with van der Waals surface area (Å²) in [5.74, 6) is -0.713. The van der Waals surface area contributed by atoms with Gasteiger partial charge in [0.05, 0.1) is 11.0 Å². The first-order chi connectivity index (χ1) is 11.9. The second kappa shape index (κ2) is 8.87. The van der Waals surface area contributed by atoms with Crippen LogP contribution in [0.2, 0.25) is 5.02 Å². The number of anilines is 2. The van der Waals surface area contributed by atoms with Crippen LogP contribution in [0.15, 0.2) is 42.5 Å². The molecule has 0 heterocycles. The average molecular weight is 381 g/mol. The lowest BCUT2D eigenvalue weighted by Crippen LogP contribution is -2.25. The minimum atomic E-state index is -0.419. The second-order valence-corrected chi connectivity index (χ2v) is 7.15. The van der Waals surface area contributed by atoms with Crippen molar-refractivity contribution in [3.05, 3.63) is 58.9 Å². The molecule has 0 spiro atoms. The van der Waals surface area contributed by atoms with Crippen molar-refractivity contribution >= 4 is 46.6 Å². The highest BCUT2D eigenvalue weighted by molar-refractivity contribution is 8.01. The molecule has 132 valence electrons. The van der Waals surface area contributed by atoms with Gasteiger partial charge in [-0.05, 0) is 55.8 Å². The van der Waals surface area contributed by atoms with Crippen molar-refractivity contribution in [1.29, 1.82) is 0 Å². The standard InChI is InChI=1S/C18H18ClFN2O2S/c1-11-15(19)4-3-5-16(11)22-18(24)12(2)25-10-17(23)21-14-8-6-13(20)7-9-14/h3-9,12H,10H2,1-2H3,(H,21,23)(H,22,24)/t12-/m1/s1. The molecule has 0 aromatic heterocycles. The predicted octanol–water partition coefficient (Wildman–Crippen LogP) is 4.49. The maximum atomic E-state index is 12.8. The first kappa shape index (κ1) is 19.3. The minimum absolute atomic E-state index is 0.112. The normalized spacial score (nSPS) is 11.7. The summed E-state index contributed by atoms with van der Waals surface area (Å²) < 4.78 is 12.8. The third-order valence-electron chi connectivity index (χ3n) is 3.49. The van der Waals surface area contributed by atoms with Crippen molar-refractivity contribution < 1.29 is 14.0 Å². The van der Waals surface area contributed by atoms with E-state index in [1.54, 1.807) is 25.1 Å². The van der Waals surface area contributed by atoms with E-state index in [0.717, 1.165) is 5.56 Å². The van der Waals surface area contributed by atoms with Crippen LogP contribution in [0, 0.1) is 12.7 Å². The molecule has 0 aliphatic rings. The Balaban J connectivity index is 1.83. The van der Waals surface area contributed by atoms with Gasteiger partial charge in [-0.15, -0.1) is 11.8 Å². The molecule has 1 atom stereocenters. The van der Waals surface area contributed by atoms with Crippen molar-refractivity contribution in [2.75, 3.05) is 16.4 Å². The molecule has 2 aromatic rings. The van der Waals surface area contributed by atoms with Crippen LogP contribution in [0.4, 0.5) is 15.8 Å². The molecule has 0 aliphatic heterocycles. The van der Waals surface area contributed by atoms with Crippen LogP contribution in [0.5, 0.6) is 0 Å². The predicted molar refractivity (Wildman–Crippen MR) is 102 cm³/mol. The van der Waals surface area contributed by atoms with Crippen LogP contribution in [0.1, 0.15) is 12.5 Å². The lowest BCUT2D eigenvalue weighted by atomic mass is 10.2. The Morgan fingerprint density at radius 1 is 1.16 bits per heavy atom. The van der Waals surface area contributed by atoms with Crippen molar-refractivity contribution in [2.45, 2.75) is 19.1 Å². The number of thioether (sulfide) groups is 1. The van der Waals surface area contributed by atoms with Crippen LogP contribution >= 0.6 is 23.4 Å². The summed E-state index contributed by atoms with van der Waals surface area (Å²) in [5.41, 5.74) is 1.96. The van der Waals surface area contributed by atoms with Crippen LogP contribution in [-0.2, 0) is 9.59 Å². The number of hydrogen-bond acceptors (Lipinski definition) is 3. The smallest absolute Gasteiger partial charge is 0.237 e. The number of halogens is 2. The molecule has 0 aliphatic carbocycles. The van der Waals surface area contributed by atoms with E-state index < -0.39 is 5.25 Å². The van der Waals surface area contributed by atoms with Crippen LogP contribution < -0.4 is 10.6 Å². The Morgan fingerprint density at radius 2 is 1.84 bits per heavy atom. The summed E-state index contributed by atoms with van der Waals surface area (Å²) in [7, 11) is 0. The molecule has 2 rings (SSSR count). The highest BCUT2D eigenvalue weighted by Crippen LogP contribution is 2.24. The Bertz CT molecular complexity index is 768. The minimum Gasteiger partial charge on any atom is -0.325 e. The number of carbonyl (C=O) groups is 2. The van der Waals surface area contributed by atoms with Crippen molar-refractivity contribution in [3.63, 3.8) is 0 Å². The zero-order valence-electron chi connectivity index (χ0n) is 13.8. The first-order valence-electron chi connectivity index (χ1n) is 7.60. The summed E-state index contributed by atoms with van der Waals surface area (Å²) in [6.07, 6.45) is 0. The molecule has 25 heavy (non-hydrogen) atoms. The van der Waals surface area contributed by atoms with Gasteiger partial charge in [0, 0.05) is 16.4 Å². The van der Waals surface area contributed by atoms with E-state index in [0.29, 0.717) is 16.4 Å². The van der Waals surface area contributed by atoms with E-state index in [1.165, 1.54) is 36.0 Å². The van der Waals surface area contributed by atoms with Crippen LogP contribution in [-0.4, -0.2) is 22.8 Å². The highest BCUT2D eigenvalue weighted by atomic mass is 35.5. The third kappa shape index (κ3) is 5.76. The molecule has 0 radical (unpaired) electrons. The lowest BCUT2D eigenvalue weighted by molar-refractivity contribution is -0.115. The molecular formula is C18H18ClFN2O2S. The topological polar surface area (TPSA) is 58.2 Å². The number of hydrogen-bond donors (Lipinski definition) is 2. The highest BCUT2D eigenvalue weighted by Gasteiger charge is 2.16. The second-order valence-electron chi connectivity index (χ2n) is 5.41. The largest absolute Gasteiger partial charge is 0.325 e. The van der Waals surface area contributed by atoms with Gasteiger partial charge in [-0.2, -0.15) is 0 Å². The lowest BCUT2D eigenvalue weighted by Gasteiger charge is -2.14. The van der Waals surface area contributed by atoms with Gasteiger partial charge >= 0.3 is 0 Å². The molecule has 4 nitrogen and oxygen atoms in total. The van der Waals surface area contributed by atoms with Gasteiger partial charge < -0.3 is 10.6 Å². The average Bonchev–Trinajstić information content (AvgIpc) is 2.58. The molecular weight excluding hydrogens is 363 g/mol. The fourth-order valence-corrected chi connectivity index (χ4v) is 2.84. The summed E-state index contributed by atoms with van der Waals surface area (Å²) in [6, 6.07) is 10.8. The summed E-state index contributed by atoms with van der Waals surface area (Å²) in [6.45, 7) is 3.55. The molecule has 0 unspecified atom stereocenters. The Hall–Kier alpha value is -2.05. The number of rotatable bonds is 6. The van der Waals surface area contributed by atoms with Gasteiger partial charge in [-0.25, -0.2) is 4.39 Å². The maximum Gasteiger partial charge on any atom is 0.237 e. The third-order valence-corrected chi connectivity index (χ3v) is 5.04. The van der Waals surface area contributed by atoms with Gasteiger partial charge in [0.25, 0.3) is 0 Å².